The Kier molecular flexibility index (Phi) is 5.54. The summed E-state index contributed by atoms with van der Waals surface area (Å²) >= 11 is 3.34. The smallest absolute Gasteiger partial charge is 0.237 e. The number of nitrogens with zero attached hydrogens (tertiary/aromatic N) is 1. The second-order valence-electron chi connectivity index (χ2n) is 4.75. The first-order valence-electron chi connectivity index (χ1n) is 6.82. The van der Waals surface area contributed by atoms with Gasteiger partial charge in [-0.25, -0.2) is 0 Å². The topological polar surface area (TPSA) is 41.5 Å². The van der Waals surface area contributed by atoms with Gasteiger partial charge < -0.3 is 5.32 Å². The molecule has 1 amide bonds. The molecule has 0 saturated carbocycles. The Balaban J connectivity index is 2.03. The molecule has 1 heterocycles. The largest absolute Gasteiger partial charge is 0.325 e. The van der Waals surface area contributed by atoms with Gasteiger partial charge in [0, 0.05) is 11.4 Å². The van der Waals surface area contributed by atoms with Crippen molar-refractivity contribution in [2.24, 2.45) is 4.99 Å². The van der Waals surface area contributed by atoms with Crippen LogP contribution in [0.15, 0.2) is 23.2 Å². The molecule has 1 N–H and O–H groups in total. The van der Waals surface area contributed by atoms with Crippen molar-refractivity contribution >= 4 is 39.5 Å². The highest BCUT2D eigenvalue weighted by molar-refractivity contribution is 8.39. The zero-order valence-electron chi connectivity index (χ0n) is 12.1. The van der Waals surface area contributed by atoms with Gasteiger partial charge >= 0.3 is 0 Å². The number of thioether (sulfide) groups is 2. The highest BCUT2D eigenvalue weighted by Crippen LogP contribution is 2.28. The van der Waals surface area contributed by atoms with Crippen LogP contribution in [0.3, 0.4) is 0 Å². The maximum atomic E-state index is 12.4. The second-order valence-corrected chi connectivity index (χ2v) is 7.28. The number of amides is 1. The average Bonchev–Trinajstić information content (AvgIpc) is 2.94. The number of anilines is 1. The van der Waals surface area contributed by atoms with Gasteiger partial charge in [-0.2, -0.15) is 0 Å². The molecule has 2 rings (SSSR count). The lowest BCUT2D eigenvalue weighted by atomic mass is 10.1. The van der Waals surface area contributed by atoms with Crippen molar-refractivity contribution in [3.8, 4) is 0 Å². The number of benzene rings is 1. The maximum absolute atomic E-state index is 12.4. The van der Waals surface area contributed by atoms with Crippen LogP contribution in [0.25, 0.3) is 0 Å². The van der Waals surface area contributed by atoms with Gasteiger partial charge in [0.05, 0.1) is 11.8 Å². The van der Waals surface area contributed by atoms with E-state index in [9.17, 15) is 4.79 Å². The number of hydrogen-bond acceptors (Lipinski definition) is 4. The number of nitrogens with one attached hydrogen (secondary N) is 1. The van der Waals surface area contributed by atoms with E-state index < -0.39 is 0 Å². The van der Waals surface area contributed by atoms with E-state index in [1.54, 1.807) is 23.5 Å². The molecule has 0 bridgehead atoms. The number of aryl methyl sites for hydroxylation is 1. The van der Waals surface area contributed by atoms with Crippen molar-refractivity contribution in [2.75, 3.05) is 17.6 Å². The summed E-state index contributed by atoms with van der Waals surface area (Å²) in [5.41, 5.74) is 3.24. The molecule has 0 spiro atoms. The molecule has 0 fully saturated rings. The predicted octanol–water partition coefficient (Wildman–Crippen LogP) is 3.86. The van der Waals surface area contributed by atoms with E-state index in [4.69, 9.17) is 0 Å². The van der Waals surface area contributed by atoms with Gasteiger partial charge in [0.1, 0.15) is 4.38 Å². The van der Waals surface area contributed by atoms with Crippen LogP contribution in [0, 0.1) is 13.8 Å². The number of carbonyl (C=O) groups excluding carboxylic acids is 1. The average molecular weight is 308 g/mol. The molecular weight excluding hydrogens is 288 g/mol. The van der Waals surface area contributed by atoms with Crippen molar-refractivity contribution in [2.45, 2.75) is 32.4 Å². The first-order valence-corrected chi connectivity index (χ1v) is 8.69. The third kappa shape index (κ3) is 3.79. The van der Waals surface area contributed by atoms with Crippen molar-refractivity contribution in [3.63, 3.8) is 0 Å². The SMILES string of the molecule is CCC(SC1=NCCS1)C(=O)Nc1cccc(C)c1C. The minimum absolute atomic E-state index is 0.0701. The Bertz CT molecular complexity index is 529. The van der Waals surface area contributed by atoms with Crippen LogP contribution < -0.4 is 5.32 Å². The monoisotopic (exact) mass is 308 g/mol. The summed E-state index contributed by atoms with van der Waals surface area (Å²) in [6.07, 6.45) is 0.806. The molecule has 1 atom stereocenters. The molecule has 0 aliphatic carbocycles. The molecule has 1 unspecified atom stereocenters. The van der Waals surface area contributed by atoms with E-state index in [-0.39, 0.29) is 11.2 Å². The normalized spacial score (nSPS) is 15.8. The summed E-state index contributed by atoms with van der Waals surface area (Å²) < 4.78 is 1.05. The summed E-state index contributed by atoms with van der Waals surface area (Å²) in [6.45, 7) is 7.01. The molecule has 1 aromatic rings. The van der Waals surface area contributed by atoms with Gasteiger partial charge in [-0.1, -0.05) is 42.6 Å². The molecule has 0 aromatic heterocycles. The van der Waals surface area contributed by atoms with Gasteiger partial charge in [0.25, 0.3) is 0 Å². The van der Waals surface area contributed by atoms with Crippen LogP contribution in [-0.4, -0.2) is 27.8 Å². The van der Waals surface area contributed by atoms with E-state index in [0.717, 1.165) is 34.3 Å². The fourth-order valence-electron chi connectivity index (χ4n) is 1.93. The maximum Gasteiger partial charge on any atom is 0.237 e. The highest BCUT2D eigenvalue weighted by atomic mass is 32.2. The van der Waals surface area contributed by atoms with E-state index in [2.05, 4.69) is 23.3 Å². The van der Waals surface area contributed by atoms with E-state index in [1.807, 2.05) is 26.0 Å². The Morgan fingerprint density at radius 1 is 1.50 bits per heavy atom. The first-order chi connectivity index (χ1) is 9.61. The molecule has 0 radical (unpaired) electrons. The molecule has 5 heteroatoms. The summed E-state index contributed by atoms with van der Waals surface area (Å²) in [4.78, 5) is 16.8. The molecule has 108 valence electrons. The zero-order chi connectivity index (χ0) is 14.5. The van der Waals surface area contributed by atoms with Crippen molar-refractivity contribution in [3.05, 3.63) is 29.3 Å². The molecule has 1 aliphatic heterocycles. The standard InChI is InChI=1S/C15H20N2OS2/c1-4-13(20-15-16-8-9-19-15)14(18)17-12-7-5-6-10(2)11(12)3/h5-7,13H,4,8-9H2,1-3H3,(H,17,18). The lowest BCUT2D eigenvalue weighted by molar-refractivity contribution is -0.115. The predicted molar refractivity (Wildman–Crippen MR) is 91.0 cm³/mol. The summed E-state index contributed by atoms with van der Waals surface area (Å²) in [5.74, 6) is 1.11. The lowest BCUT2D eigenvalue weighted by Gasteiger charge is -2.16. The van der Waals surface area contributed by atoms with Crippen LogP contribution in [0.2, 0.25) is 0 Å². The van der Waals surface area contributed by atoms with E-state index >= 15 is 0 Å². The molecule has 1 aliphatic rings. The summed E-state index contributed by atoms with van der Waals surface area (Å²) in [6, 6.07) is 5.99. The van der Waals surface area contributed by atoms with Crippen LogP contribution in [-0.2, 0) is 4.79 Å². The number of aliphatic imine (C=N–C) groups is 1. The number of hydrogen-bond donors (Lipinski definition) is 1. The quantitative estimate of drug-likeness (QED) is 0.918. The van der Waals surface area contributed by atoms with Gasteiger partial charge in [0.15, 0.2) is 0 Å². The second kappa shape index (κ2) is 7.18. The Morgan fingerprint density at radius 2 is 2.30 bits per heavy atom. The first kappa shape index (κ1) is 15.4. The van der Waals surface area contributed by atoms with Gasteiger partial charge in [-0.3, -0.25) is 9.79 Å². The van der Waals surface area contributed by atoms with Crippen molar-refractivity contribution in [1.82, 2.24) is 0 Å². The fourth-order valence-corrected chi connectivity index (χ4v) is 4.08. The zero-order valence-corrected chi connectivity index (χ0v) is 13.7. The molecule has 3 nitrogen and oxygen atoms in total. The summed E-state index contributed by atoms with van der Waals surface area (Å²) in [5, 5.41) is 2.98. The van der Waals surface area contributed by atoms with Gasteiger partial charge in [0.2, 0.25) is 5.91 Å². The number of rotatable bonds is 4. The molecular formula is C15H20N2OS2. The van der Waals surface area contributed by atoms with E-state index in [0.29, 0.717) is 0 Å². The van der Waals surface area contributed by atoms with Crippen LogP contribution in [0.4, 0.5) is 5.69 Å². The minimum Gasteiger partial charge on any atom is -0.325 e. The fraction of sp³-hybridized carbons (Fsp3) is 0.467. The van der Waals surface area contributed by atoms with Gasteiger partial charge in [-0.15, -0.1) is 0 Å². The Morgan fingerprint density at radius 3 is 2.95 bits per heavy atom. The third-order valence-electron chi connectivity index (χ3n) is 3.33. The van der Waals surface area contributed by atoms with Crippen LogP contribution >= 0.6 is 23.5 Å². The highest BCUT2D eigenvalue weighted by Gasteiger charge is 2.22. The number of carbonyl (C=O) groups is 1. The van der Waals surface area contributed by atoms with Crippen LogP contribution in [0.1, 0.15) is 24.5 Å². The molecule has 1 aromatic carbocycles. The van der Waals surface area contributed by atoms with Crippen LogP contribution in [0.5, 0.6) is 0 Å². The van der Waals surface area contributed by atoms with Crippen molar-refractivity contribution < 1.29 is 4.79 Å². The molecule has 0 saturated heterocycles. The van der Waals surface area contributed by atoms with Gasteiger partial charge in [-0.05, 0) is 37.5 Å². The minimum atomic E-state index is -0.0701. The Hall–Kier alpha value is -0.940. The Labute approximate surface area is 129 Å². The third-order valence-corrected chi connectivity index (χ3v) is 5.89. The molecule has 20 heavy (non-hydrogen) atoms. The summed E-state index contributed by atoms with van der Waals surface area (Å²) in [7, 11) is 0. The lowest BCUT2D eigenvalue weighted by Crippen LogP contribution is -2.25. The van der Waals surface area contributed by atoms with Crippen molar-refractivity contribution in [1.29, 1.82) is 0 Å². The van der Waals surface area contributed by atoms with E-state index in [1.165, 1.54) is 5.56 Å².